The first-order chi connectivity index (χ1) is 8.70. The number of benzene rings is 1. The summed E-state index contributed by atoms with van der Waals surface area (Å²) in [5.41, 5.74) is 4.68. The smallest absolute Gasteiger partial charge is 0.113 e. The van der Waals surface area contributed by atoms with Crippen molar-refractivity contribution >= 4 is 11.0 Å². The molecule has 3 heteroatoms. The van der Waals surface area contributed by atoms with Gasteiger partial charge in [-0.3, -0.25) is 0 Å². The van der Waals surface area contributed by atoms with Crippen molar-refractivity contribution in [1.29, 1.82) is 5.26 Å². The fourth-order valence-corrected chi connectivity index (χ4v) is 2.61. The predicted molar refractivity (Wildman–Crippen MR) is 71.4 cm³/mol. The van der Waals surface area contributed by atoms with E-state index in [1.165, 1.54) is 30.4 Å². The van der Waals surface area contributed by atoms with Crippen LogP contribution in [0.15, 0.2) is 12.1 Å². The van der Waals surface area contributed by atoms with Crippen molar-refractivity contribution in [1.82, 2.24) is 9.55 Å². The summed E-state index contributed by atoms with van der Waals surface area (Å²) in [5, 5.41) is 9.02. The van der Waals surface area contributed by atoms with E-state index in [-0.39, 0.29) is 0 Å². The molecule has 0 radical (unpaired) electrons. The molecule has 1 aliphatic rings. The Labute approximate surface area is 107 Å². The van der Waals surface area contributed by atoms with Gasteiger partial charge < -0.3 is 4.57 Å². The summed E-state index contributed by atoms with van der Waals surface area (Å²) in [7, 11) is 0. The maximum atomic E-state index is 9.02. The van der Waals surface area contributed by atoms with Crippen LogP contribution in [-0.4, -0.2) is 9.55 Å². The van der Waals surface area contributed by atoms with E-state index in [0.29, 0.717) is 12.5 Å². The summed E-state index contributed by atoms with van der Waals surface area (Å²) in [6.45, 7) is 4.63. The van der Waals surface area contributed by atoms with Crippen molar-refractivity contribution in [3.8, 4) is 6.07 Å². The Bertz CT molecular complexity index is 642. The Morgan fingerprint density at radius 2 is 2.06 bits per heavy atom. The molecular formula is C15H17N3. The number of imidazole rings is 1. The lowest BCUT2D eigenvalue weighted by Gasteiger charge is -2.25. The van der Waals surface area contributed by atoms with Crippen molar-refractivity contribution < 1.29 is 0 Å². The van der Waals surface area contributed by atoms with Gasteiger partial charge in [-0.15, -0.1) is 0 Å². The van der Waals surface area contributed by atoms with Crippen molar-refractivity contribution in [2.45, 2.75) is 45.6 Å². The van der Waals surface area contributed by atoms with E-state index in [4.69, 9.17) is 10.2 Å². The van der Waals surface area contributed by atoms with Crippen LogP contribution in [0.5, 0.6) is 0 Å². The SMILES string of the molecule is Cc1cc2nc(C3CCC3)n(CC#N)c2cc1C. The van der Waals surface area contributed by atoms with Crippen molar-refractivity contribution in [3.05, 3.63) is 29.1 Å². The molecule has 3 rings (SSSR count). The molecule has 1 fully saturated rings. The molecule has 92 valence electrons. The summed E-state index contributed by atoms with van der Waals surface area (Å²) in [5.74, 6) is 1.68. The van der Waals surface area contributed by atoms with E-state index in [0.717, 1.165) is 16.9 Å². The average molecular weight is 239 g/mol. The Balaban J connectivity index is 2.22. The second kappa shape index (κ2) is 4.13. The Kier molecular flexibility index (Phi) is 2.59. The molecule has 1 saturated carbocycles. The zero-order valence-electron chi connectivity index (χ0n) is 10.9. The number of rotatable bonds is 2. The van der Waals surface area contributed by atoms with Gasteiger partial charge >= 0.3 is 0 Å². The van der Waals surface area contributed by atoms with Crippen molar-refractivity contribution in [2.75, 3.05) is 0 Å². The highest BCUT2D eigenvalue weighted by molar-refractivity contribution is 5.78. The number of fused-ring (bicyclic) bond motifs is 1. The van der Waals surface area contributed by atoms with E-state index in [1.807, 2.05) is 0 Å². The van der Waals surface area contributed by atoms with Gasteiger partial charge in [-0.05, 0) is 49.9 Å². The highest BCUT2D eigenvalue weighted by Crippen LogP contribution is 2.37. The molecule has 1 aliphatic carbocycles. The molecule has 0 unspecified atom stereocenters. The summed E-state index contributed by atoms with van der Waals surface area (Å²) in [4.78, 5) is 4.77. The molecule has 0 atom stereocenters. The van der Waals surface area contributed by atoms with Crippen LogP contribution in [0.4, 0.5) is 0 Å². The fraction of sp³-hybridized carbons (Fsp3) is 0.467. The standard InChI is InChI=1S/C15H17N3/c1-10-8-13-14(9-11(10)2)18(7-6-16)15(17-13)12-4-3-5-12/h8-9,12H,3-5,7H2,1-2H3. The molecule has 0 amide bonds. The van der Waals surface area contributed by atoms with Gasteiger partial charge in [-0.25, -0.2) is 4.98 Å². The summed E-state index contributed by atoms with van der Waals surface area (Å²) in [6.07, 6.45) is 3.72. The molecule has 1 aromatic heterocycles. The monoisotopic (exact) mass is 239 g/mol. The summed E-state index contributed by atoms with van der Waals surface area (Å²) in [6, 6.07) is 6.57. The molecule has 0 spiro atoms. The van der Waals surface area contributed by atoms with E-state index in [2.05, 4.69) is 36.6 Å². The number of aryl methyl sites for hydroxylation is 2. The van der Waals surface area contributed by atoms with Crippen LogP contribution in [-0.2, 0) is 6.54 Å². The molecule has 0 saturated heterocycles. The second-order valence-electron chi connectivity index (χ2n) is 5.27. The van der Waals surface area contributed by atoms with E-state index in [9.17, 15) is 0 Å². The van der Waals surface area contributed by atoms with Crippen LogP contribution in [0.1, 0.15) is 42.1 Å². The first-order valence-electron chi connectivity index (χ1n) is 6.55. The normalized spacial score (nSPS) is 15.6. The minimum atomic E-state index is 0.408. The largest absolute Gasteiger partial charge is 0.314 e. The zero-order chi connectivity index (χ0) is 12.7. The van der Waals surface area contributed by atoms with Gasteiger partial charge in [0.15, 0.2) is 0 Å². The second-order valence-corrected chi connectivity index (χ2v) is 5.27. The average Bonchev–Trinajstić information content (AvgIpc) is 2.57. The van der Waals surface area contributed by atoms with Crippen LogP contribution in [0.25, 0.3) is 11.0 Å². The van der Waals surface area contributed by atoms with Gasteiger partial charge in [0.05, 0.1) is 17.1 Å². The molecule has 0 aliphatic heterocycles. The van der Waals surface area contributed by atoms with E-state index >= 15 is 0 Å². The Morgan fingerprint density at radius 1 is 1.33 bits per heavy atom. The number of aromatic nitrogens is 2. The lowest BCUT2D eigenvalue weighted by molar-refractivity contribution is 0.392. The van der Waals surface area contributed by atoms with Crippen LogP contribution >= 0.6 is 0 Å². The van der Waals surface area contributed by atoms with E-state index in [1.54, 1.807) is 0 Å². The van der Waals surface area contributed by atoms with Crippen LogP contribution in [0, 0.1) is 25.2 Å². The van der Waals surface area contributed by atoms with Gasteiger partial charge in [0, 0.05) is 5.92 Å². The third-order valence-electron chi connectivity index (χ3n) is 4.09. The van der Waals surface area contributed by atoms with Crippen molar-refractivity contribution in [3.63, 3.8) is 0 Å². The lowest BCUT2D eigenvalue weighted by atomic mass is 9.85. The van der Waals surface area contributed by atoms with Gasteiger partial charge in [-0.2, -0.15) is 5.26 Å². The first-order valence-corrected chi connectivity index (χ1v) is 6.55. The van der Waals surface area contributed by atoms with Crippen LogP contribution in [0.3, 0.4) is 0 Å². The Hall–Kier alpha value is -1.82. The lowest BCUT2D eigenvalue weighted by Crippen LogP contribution is -2.15. The molecule has 1 heterocycles. The Morgan fingerprint density at radius 3 is 2.67 bits per heavy atom. The molecule has 2 aromatic rings. The van der Waals surface area contributed by atoms with Crippen LogP contribution < -0.4 is 0 Å². The maximum Gasteiger partial charge on any atom is 0.113 e. The summed E-state index contributed by atoms with van der Waals surface area (Å²) < 4.78 is 2.10. The number of nitrogens with zero attached hydrogens (tertiary/aromatic N) is 3. The summed E-state index contributed by atoms with van der Waals surface area (Å²) >= 11 is 0. The predicted octanol–water partition coefficient (Wildman–Crippen LogP) is 3.44. The van der Waals surface area contributed by atoms with E-state index < -0.39 is 0 Å². The molecule has 0 N–H and O–H groups in total. The van der Waals surface area contributed by atoms with Gasteiger partial charge in [0.2, 0.25) is 0 Å². The fourth-order valence-electron chi connectivity index (χ4n) is 2.61. The first kappa shape index (κ1) is 11.3. The maximum absolute atomic E-state index is 9.02. The van der Waals surface area contributed by atoms with Gasteiger partial charge in [-0.1, -0.05) is 6.42 Å². The third kappa shape index (κ3) is 1.60. The molecule has 0 bridgehead atoms. The molecule has 1 aromatic carbocycles. The number of hydrogen-bond acceptors (Lipinski definition) is 2. The quantitative estimate of drug-likeness (QED) is 0.805. The topological polar surface area (TPSA) is 41.6 Å². The third-order valence-corrected chi connectivity index (χ3v) is 4.09. The molecular weight excluding hydrogens is 222 g/mol. The highest BCUT2D eigenvalue weighted by atomic mass is 15.1. The highest BCUT2D eigenvalue weighted by Gasteiger charge is 2.25. The van der Waals surface area contributed by atoms with Crippen LogP contribution in [0.2, 0.25) is 0 Å². The van der Waals surface area contributed by atoms with Crippen molar-refractivity contribution in [2.24, 2.45) is 0 Å². The minimum Gasteiger partial charge on any atom is -0.314 e. The van der Waals surface area contributed by atoms with Gasteiger partial charge in [0.25, 0.3) is 0 Å². The number of hydrogen-bond donors (Lipinski definition) is 0. The minimum absolute atomic E-state index is 0.408. The molecule has 3 nitrogen and oxygen atoms in total. The van der Waals surface area contributed by atoms with Gasteiger partial charge in [0.1, 0.15) is 12.4 Å². The zero-order valence-corrected chi connectivity index (χ0v) is 10.9. The number of nitriles is 1. The molecule has 18 heavy (non-hydrogen) atoms.